The van der Waals surface area contributed by atoms with E-state index in [-0.39, 0.29) is 26.2 Å². The lowest BCUT2D eigenvalue weighted by Crippen LogP contribution is -2.51. The molecule has 38 heavy (non-hydrogen) atoms. The van der Waals surface area contributed by atoms with Gasteiger partial charge in [0.2, 0.25) is 5.91 Å². The van der Waals surface area contributed by atoms with E-state index in [1.807, 2.05) is 30.3 Å². The Balaban J connectivity index is 1.41. The lowest BCUT2D eigenvalue weighted by atomic mass is 9.87. The highest BCUT2D eigenvalue weighted by Crippen LogP contribution is 2.53. The maximum absolute atomic E-state index is 13.2. The van der Waals surface area contributed by atoms with Gasteiger partial charge in [-0.05, 0) is 38.4 Å². The fraction of sp³-hybridized carbons (Fsp3) is 0.654. The third-order valence-electron chi connectivity index (χ3n) is 6.48. The van der Waals surface area contributed by atoms with E-state index >= 15 is 0 Å². The Hall–Kier alpha value is -2.30. The molecule has 1 aromatic rings. The molecule has 0 radical (unpaired) electrons. The first-order chi connectivity index (χ1) is 18.1. The van der Waals surface area contributed by atoms with Crippen LogP contribution in [0.15, 0.2) is 30.3 Å². The highest BCUT2D eigenvalue weighted by atomic mass is 31.2. The zero-order valence-electron chi connectivity index (χ0n) is 22.5. The zero-order valence-corrected chi connectivity index (χ0v) is 23.4. The van der Waals surface area contributed by atoms with Crippen molar-refractivity contribution < 1.29 is 37.5 Å². The van der Waals surface area contributed by atoms with Crippen molar-refractivity contribution in [3.63, 3.8) is 0 Å². The van der Waals surface area contributed by atoms with Crippen molar-refractivity contribution in [1.29, 1.82) is 0 Å². The molecule has 1 amide bonds. The predicted molar refractivity (Wildman–Crippen MR) is 140 cm³/mol. The van der Waals surface area contributed by atoms with Gasteiger partial charge in [-0.25, -0.2) is 9.65 Å². The summed E-state index contributed by atoms with van der Waals surface area (Å²) < 4.78 is 34.8. The van der Waals surface area contributed by atoms with Crippen LogP contribution in [0, 0.1) is 5.41 Å². The number of nitrogens with one attached hydrogen (secondary N) is 2. The molecule has 0 aromatic heterocycles. The lowest BCUT2D eigenvalue weighted by molar-refractivity contribution is -0.145. The molecule has 0 bridgehead atoms. The number of rotatable bonds is 13. The summed E-state index contributed by atoms with van der Waals surface area (Å²) in [7, 11) is -3.99. The average Bonchev–Trinajstić information content (AvgIpc) is 3.40. The Morgan fingerprint density at radius 2 is 1.84 bits per heavy atom. The number of hydrogen-bond acceptors (Lipinski definition) is 9. The van der Waals surface area contributed by atoms with Gasteiger partial charge in [-0.15, -0.1) is 0 Å². The van der Waals surface area contributed by atoms with Crippen molar-refractivity contribution in [1.82, 2.24) is 15.3 Å². The molecule has 2 aliphatic heterocycles. The molecule has 0 saturated carbocycles. The van der Waals surface area contributed by atoms with Crippen molar-refractivity contribution in [3.05, 3.63) is 35.9 Å². The minimum Gasteiger partial charge on any atom is -0.464 e. The first kappa shape index (κ1) is 30.2. The average molecular weight is 554 g/mol. The molecule has 12 heteroatoms. The second kappa shape index (κ2) is 14.2. The van der Waals surface area contributed by atoms with Crippen LogP contribution < -0.4 is 10.4 Å². The van der Waals surface area contributed by atoms with Gasteiger partial charge in [0.05, 0.1) is 19.6 Å². The first-order valence-corrected chi connectivity index (χ1v) is 14.7. The zero-order chi connectivity index (χ0) is 27.6. The molecule has 2 N–H and O–H groups in total. The highest BCUT2D eigenvalue weighted by Gasteiger charge is 2.49. The maximum atomic E-state index is 13.2. The molecule has 3 atom stereocenters. The van der Waals surface area contributed by atoms with Gasteiger partial charge in [0.1, 0.15) is 12.6 Å². The summed E-state index contributed by atoms with van der Waals surface area (Å²) in [6.45, 7) is 8.25. The molecular formula is C26H40N3O8P. The molecule has 2 saturated heterocycles. The standard InChI is InChI=1S/C26H40N3O8P/c1-20(25(32)35-17-12-21-9-5-4-6-10-21)28-38(33)36-19-26(2,3)23(37-38)24(31)27-13-11-22(30)34-18-16-29-14-7-8-15-29/h4-6,9-10,20,23H,7-8,11-19H2,1-3H3,(H,27,31)(H,28,33)/t20-,23-,38?/m0/s1. The van der Waals surface area contributed by atoms with Gasteiger partial charge in [0.15, 0.2) is 6.10 Å². The van der Waals surface area contributed by atoms with Crippen LogP contribution >= 0.6 is 7.75 Å². The maximum Gasteiger partial charge on any atom is 0.407 e. The smallest absolute Gasteiger partial charge is 0.407 e. The monoisotopic (exact) mass is 553 g/mol. The number of amides is 1. The SMILES string of the molecule is C[C@H](NP1(=O)OCC(C)(C)[C@H](C(=O)NCCC(=O)OCCN2CCCC2)O1)C(=O)OCCc1ccccc1. The van der Waals surface area contributed by atoms with Crippen molar-refractivity contribution in [2.24, 2.45) is 5.41 Å². The highest BCUT2D eigenvalue weighted by molar-refractivity contribution is 7.51. The van der Waals surface area contributed by atoms with Gasteiger partial charge in [-0.3, -0.25) is 28.3 Å². The summed E-state index contributed by atoms with van der Waals surface area (Å²) >= 11 is 0. The van der Waals surface area contributed by atoms with Gasteiger partial charge in [-0.1, -0.05) is 44.2 Å². The van der Waals surface area contributed by atoms with E-state index < -0.39 is 43.2 Å². The van der Waals surface area contributed by atoms with Crippen LogP contribution in [0.3, 0.4) is 0 Å². The molecule has 2 fully saturated rings. The van der Waals surface area contributed by atoms with Gasteiger partial charge >= 0.3 is 19.7 Å². The number of benzene rings is 1. The number of carbonyl (C=O) groups excluding carboxylic acids is 3. The normalized spacial score (nSPS) is 23.9. The first-order valence-electron chi connectivity index (χ1n) is 13.1. The van der Waals surface area contributed by atoms with Gasteiger partial charge in [0.25, 0.3) is 0 Å². The number of likely N-dealkylation sites (tertiary alicyclic amines) is 1. The molecule has 2 aliphatic rings. The largest absolute Gasteiger partial charge is 0.464 e. The third kappa shape index (κ3) is 9.47. The Morgan fingerprint density at radius 3 is 2.55 bits per heavy atom. The molecule has 2 heterocycles. The summed E-state index contributed by atoms with van der Waals surface area (Å²) in [4.78, 5) is 39.5. The Morgan fingerprint density at radius 1 is 1.13 bits per heavy atom. The van der Waals surface area contributed by atoms with Gasteiger partial charge < -0.3 is 14.8 Å². The van der Waals surface area contributed by atoms with Crippen molar-refractivity contribution >= 4 is 25.6 Å². The molecule has 212 valence electrons. The predicted octanol–water partition coefficient (Wildman–Crippen LogP) is 2.45. The van der Waals surface area contributed by atoms with Crippen LogP contribution in [-0.2, 0) is 43.9 Å². The Labute approximate surface area is 224 Å². The quantitative estimate of drug-likeness (QED) is 0.277. The number of hydrogen-bond donors (Lipinski definition) is 2. The summed E-state index contributed by atoms with van der Waals surface area (Å²) in [5, 5.41) is 5.22. The van der Waals surface area contributed by atoms with Crippen LogP contribution in [0.2, 0.25) is 0 Å². The van der Waals surface area contributed by atoms with E-state index in [1.54, 1.807) is 13.8 Å². The fourth-order valence-electron chi connectivity index (χ4n) is 4.19. The van der Waals surface area contributed by atoms with Gasteiger partial charge in [0, 0.05) is 24.9 Å². The third-order valence-corrected chi connectivity index (χ3v) is 8.14. The van der Waals surface area contributed by atoms with Crippen molar-refractivity contribution in [3.8, 4) is 0 Å². The minimum absolute atomic E-state index is 0.0111. The van der Waals surface area contributed by atoms with E-state index in [0.717, 1.165) is 18.7 Å². The number of nitrogens with zero attached hydrogens (tertiary/aromatic N) is 1. The Kier molecular flexibility index (Phi) is 11.3. The van der Waals surface area contributed by atoms with Crippen molar-refractivity contribution in [2.75, 3.05) is 46.0 Å². The summed E-state index contributed by atoms with van der Waals surface area (Å²) in [6, 6.07) is 8.59. The summed E-state index contributed by atoms with van der Waals surface area (Å²) in [5.41, 5.74) is 0.231. The van der Waals surface area contributed by atoms with Crippen LogP contribution in [0.4, 0.5) is 0 Å². The van der Waals surface area contributed by atoms with E-state index in [4.69, 9.17) is 18.5 Å². The van der Waals surface area contributed by atoms with Crippen LogP contribution in [0.1, 0.15) is 45.6 Å². The van der Waals surface area contributed by atoms with E-state index in [9.17, 15) is 18.9 Å². The van der Waals surface area contributed by atoms with E-state index in [2.05, 4.69) is 15.3 Å². The molecular weight excluding hydrogens is 513 g/mol. The molecule has 1 aromatic carbocycles. The molecule has 0 spiro atoms. The van der Waals surface area contributed by atoms with E-state index in [0.29, 0.717) is 19.6 Å². The minimum atomic E-state index is -3.99. The number of esters is 2. The topological polar surface area (TPSA) is 132 Å². The van der Waals surface area contributed by atoms with Crippen LogP contribution in [0.25, 0.3) is 0 Å². The van der Waals surface area contributed by atoms with Gasteiger partial charge in [-0.2, -0.15) is 0 Å². The summed E-state index contributed by atoms with van der Waals surface area (Å²) in [5.74, 6) is -1.54. The Bertz CT molecular complexity index is 984. The van der Waals surface area contributed by atoms with Crippen molar-refractivity contribution in [2.45, 2.75) is 58.6 Å². The second-order valence-corrected chi connectivity index (χ2v) is 12.0. The number of ether oxygens (including phenoxy) is 2. The molecule has 11 nitrogen and oxygen atoms in total. The second-order valence-electron chi connectivity index (χ2n) is 10.3. The lowest BCUT2D eigenvalue weighted by Gasteiger charge is -2.40. The fourth-order valence-corrected chi connectivity index (χ4v) is 6.12. The molecule has 0 aliphatic carbocycles. The van der Waals surface area contributed by atoms with E-state index in [1.165, 1.54) is 19.8 Å². The number of carbonyl (C=O) groups is 3. The van der Waals surface area contributed by atoms with Crippen LogP contribution in [-0.4, -0.2) is 80.9 Å². The molecule has 3 rings (SSSR count). The van der Waals surface area contributed by atoms with Crippen LogP contribution in [0.5, 0.6) is 0 Å². The summed E-state index contributed by atoms with van der Waals surface area (Å²) in [6.07, 6.45) is 1.78. The molecule has 1 unspecified atom stereocenters.